The Labute approximate surface area is 145 Å². The fraction of sp³-hybridized carbons (Fsp3) is 0.350. The molecule has 5 heteroatoms. The maximum atomic E-state index is 5.61. The van der Waals surface area contributed by atoms with Gasteiger partial charge in [-0.05, 0) is 37.1 Å². The average molecular weight is 332 g/mol. The highest BCUT2D eigenvalue weighted by molar-refractivity contribution is 6.24. The molecule has 1 aliphatic rings. The summed E-state index contributed by atoms with van der Waals surface area (Å²) in [5.74, 6) is 1.57. The Hall–Kier alpha value is -2.69. The van der Waals surface area contributed by atoms with Gasteiger partial charge in [0, 0.05) is 27.6 Å². The number of benzene rings is 2. The maximum Gasteiger partial charge on any atom is 0.223 e. The van der Waals surface area contributed by atoms with Crippen LogP contribution in [0, 0.1) is 0 Å². The summed E-state index contributed by atoms with van der Waals surface area (Å²) in [6.07, 6.45) is 7.94. The molecule has 1 fully saturated rings. The van der Waals surface area contributed by atoms with E-state index >= 15 is 0 Å². The number of rotatable bonds is 3. The van der Waals surface area contributed by atoms with Crippen LogP contribution in [0.1, 0.15) is 32.1 Å². The summed E-state index contributed by atoms with van der Waals surface area (Å²) >= 11 is 0. The third-order valence-corrected chi connectivity index (χ3v) is 5.35. The van der Waals surface area contributed by atoms with Crippen molar-refractivity contribution in [3.05, 3.63) is 30.6 Å². The smallest absolute Gasteiger partial charge is 0.223 e. The van der Waals surface area contributed by atoms with Crippen LogP contribution < -0.4 is 10.1 Å². The Morgan fingerprint density at radius 1 is 0.920 bits per heavy atom. The first-order valence-electron chi connectivity index (χ1n) is 8.95. The molecule has 0 spiro atoms. The van der Waals surface area contributed by atoms with Crippen LogP contribution in [0.25, 0.3) is 32.6 Å². The van der Waals surface area contributed by atoms with Gasteiger partial charge >= 0.3 is 0 Å². The molecule has 1 saturated carbocycles. The van der Waals surface area contributed by atoms with Gasteiger partial charge in [-0.2, -0.15) is 4.98 Å². The van der Waals surface area contributed by atoms with E-state index in [4.69, 9.17) is 9.72 Å². The van der Waals surface area contributed by atoms with Crippen molar-refractivity contribution in [1.82, 2.24) is 15.0 Å². The molecule has 1 aliphatic carbocycles. The minimum absolute atomic E-state index is 0.487. The number of anilines is 1. The molecule has 1 N–H and O–H groups in total. The second kappa shape index (κ2) is 5.69. The molecular weight excluding hydrogens is 312 g/mol. The van der Waals surface area contributed by atoms with E-state index in [1.165, 1.54) is 32.1 Å². The minimum atomic E-state index is 0.487. The molecule has 0 saturated heterocycles. The van der Waals surface area contributed by atoms with Crippen LogP contribution in [0.2, 0.25) is 0 Å². The van der Waals surface area contributed by atoms with Gasteiger partial charge in [-0.1, -0.05) is 19.3 Å². The molecule has 126 valence electrons. The first-order chi connectivity index (χ1) is 12.3. The highest BCUT2D eigenvalue weighted by Crippen LogP contribution is 2.39. The predicted molar refractivity (Wildman–Crippen MR) is 101 cm³/mol. The summed E-state index contributed by atoms with van der Waals surface area (Å²) in [5.41, 5.74) is 1.92. The van der Waals surface area contributed by atoms with Gasteiger partial charge in [0.1, 0.15) is 12.1 Å². The van der Waals surface area contributed by atoms with E-state index in [0.29, 0.717) is 11.9 Å². The molecular formula is C20H20N4O. The Morgan fingerprint density at radius 3 is 2.36 bits per heavy atom. The second-order valence-electron chi connectivity index (χ2n) is 6.84. The monoisotopic (exact) mass is 332 g/mol. The zero-order valence-electron chi connectivity index (χ0n) is 14.2. The average Bonchev–Trinajstić information content (AvgIpc) is 2.67. The lowest BCUT2D eigenvalue weighted by Crippen LogP contribution is -2.23. The van der Waals surface area contributed by atoms with Crippen LogP contribution in [0.15, 0.2) is 30.6 Å². The van der Waals surface area contributed by atoms with E-state index in [0.717, 1.165) is 38.4 Å². The number of aromatic nitrogens is 3. The Balaban J connectivity index is 1.79. The summed E-state index contributed by atoms with van der Waals surface area (Å²) in [5, 5.41) is 8.04. The van der Waals surface area contributed by atoms with Crippen molar-refractivity contribution in [3.63, 3.8) is 0 Å². The Morgan fingerprint density at radius 2 is 1.64 bits per heavy atom. The summed E-state index contributed by atoms with van der Waals surface area (Å²) < 4.78 is 5.61. The largest absolute Gasteiger partial charge is 0.480 e. The van der Waals surface area contributed by atoms with Gasteiger partial charge in [0.15, 0.2) is 0 Å². The second-order valence-corrected chi connectivity index (χ2v) is 6.84. The number of hydrogen-bond donors (Lipinski definition) is 1. The molecule has 2 aromatic carbocycles. The number of methoxy groups -OCH3 is 1. The van der Waals surface area contributed by atoms with E-state index in [-0.39, 0.29) is 0 Å². The lowest BCUT2D eigenvalue weighted by molar-refractivity contribution is 0.403. The fourth-order valence-corrected chi connectivity index (χ4v) is 4.13. The number of hydrogen-bond acceptors (Lipinski definition) is 5. The lowest BCUT2D eigenvalue weighted by atomic mass is 9.95. The van der Waals surface area contributed by atoms with Gasteiger partial charge in [-0.25, -0.2) is 9.97 Å². The minimum Gasteiger partial charge on any atom is -0.480 e. The van der Waals surface area contributed by atoms with E-state index in [2.05, 4.69) is 27.4 Å². The molecule has 0 atom stereocenters. The molecule has 0 amide bonds. The highest BCUT2D eigenvalue weighted by atomic mass is 16.5. The zero-order chi connectivity index (χ0) is 16.8. The van der Waals surface area contributed by atoms with Crippen molar-refractivity contribution in [2.24, 2.45) is 0 Å². The molecule has 2 heterocycles. The lowest BCUT2D eigenvalue weighted by Gasteiger charge is -2.25. The van der Waals surface area contributed by atoms with E-state index < -0.39 is 0 Å². The van der Waals surface area contributed by atoms with Crippen LogP contribution in [-0.2, 0) is 0 Å². The normalized spacial score (nSPS) is 16.0. The Kier molecular flexibility index (Phi) is 3.33. The molecule has 4 aromatic rings. The van der Waals surface area contributed by atoms with Gasteiger partial charge in [-0.15, -0.1) is 0 Å². The fourth-order valence-electron chi connectivity index (χ4n) is 4.13. The third kappa shape index (κ3) is 2.26. The number of nitrogens with zero attached hydrogens (tertiary/aromatic N) is 3. The van der Waals surface area contributed by atoms with E-state index in [1.54, 1.807) is 13.4 Å². The van der Waals surface area contributed by atoms with Crippen molar-refractivity contribution < 1.29 is 4.74 Å². The first-order valence-corrected chi connectivity index (χ1v) is 8.95. The molecule has 0 bridgehead atoms. The summed E-state index contributed by atoms with van der Waals surface area (Å²) in [4.78, 5) is 13.7. The first kappa shape index (κ1) is 14.6. The number of ether oxygens (including phenoxy) is 1. The van der Waals surface area contributed by atoms with Gasteiger partial charge < -0.3 is 10.1 Å². The van der Waals surface area contributed by atoms with Crippen LogP contribution >= 0.6 is 0 Å². The SMILES string of the molecule is COc1nc(NC2CCCCC2)c2ccc3ncnc4ccc1c2c34. The van der Waals surface area contributed by atoms with Crippen molar-refractivity contribution in [2.45, 2.75) is 38.1 Å². The van der Waals surface area contributed by atoms with Crippen molar-refractivity contribution in [1.29, 1.82) is 0 Å². The van der Waals surface area contributed by atoms with Crippen molar-refractivity contribution >= 4 is 38.4 Å². The van der Waals surface area contributed by atoms with Crippen molar-refractivity contribution in [3.8, 4) is 5.88 Å². The van der Waals surface area contributed by atoms with Crippen molar-refractivity contribution in [2.75, 3.05) is 12.4 Å². The third-order valence-electron chi connectivity index (χ3n) is 5.35. The van der Waals surface area contributed by atoms with Crippen LogP contribution in [0.5, 0.6) is 5.88 Å². The number of pyridine rings is 1. The number of nitrogens with one attached hydrogen (secondary N) is 1. The highest BCUT2D eigenvalue weighted by Gasteiger charge is 2.20. The summed E-state index contributed by atoms with van der Waals surface area (Å²) in [6.45, 7) is 0. The molecule has 2 aromatic heterocycles. The van der Waals surface area contributed by atoms with Crippen LogP contribution in [0.3, 0.4) is 0 Å². The van der Waals surface area contributed by atoms with Gasteiger partial charge in [0.2, 0.25) is 5.88 Å². The predicted octanol–water partition coefficient (Wildman–Crippen LogP) is 4.52. The zero-order valence-corrected chi connectivity index (χ0v) is 14.2. The molecule has 5 nitrogen and oxygen atoms in total. The quantitative estimate of drug-likeness (QED) is 0.559. The molecule has 0 radical (unpaired) electrons. The standard InChI is InChI=1S/C20H20N4O/c1-25-20-14-8-10-16-18-15(21-11-22-16)9-7-13(17(14)18)19(24-20)23-12-5-3-2-4-6-12/h7-12H,2-6H2,1H3,(H,23,24). The molecule has 0 aliphatic heterocycles. The molecule has 25 heavy (non-hydrogen) atoms. The maximum absolute atomic E-state index is 5.61. The van der Waals surface area contributed by atoms with Gasteiger partial charge in [0.05, 0.1) is 18.1 Å². The van der Waals surface area contributed by atoms with Crippen LogP contribution in [0.4, 0.5) is 5.82 Å². The van der Waals surface area contributed by atoms with E-state index in [9.17, 15) is 0 Å². The van der Waals surface area contributed by atoms with Gasteiger partial charge in [0.25, 0.3) is 0 Å². The van der Waals surface area contributed by atoms with E-state index in [1.807, 2.05) is 12.1 Å². The van der Waals surface area contributed by atoms with Crippen LogP contribution in [-0.4, -0.2) is 28.1 Å². The summed E-state index contributed by atoms with van der Waals surface area (Å²) in [6, 6.07) is 8.74. The summed E-state index contributed by atoms with van der Waals surface area (Å²) in [7, 11) is 1.68. The molecule has 5 rings (SSSR count). The van der Waals surface area contributed by atoms with Gasteiger partial charge in [-0.3, -0.25) is 0 Å². The topological polar surface area (TPSA) is 59.9 Å². The Bertz CT molecular complexity index is 1040. The molecule has 0 unspecified atom stereocenters.